The molecule has 276 valence electrons. The van der Waals surface area contributed by atoms with Crippen LogP contribution in [0.3, 0.4) is 0 Å². The summed E-state index contributed by atoms with van der Waals surface area (Å²) >= 11 is 0. The van der Waals surface area contributed by atoms with Crippen LogP contribution in [-0.4, -0.2) is 113 Å². The van der Waals surface area contributed by atoms with E-state index in [4.69, 9.17) is 9.47 Å². The maximum absolute atomic E-state index is 14.1. The summed E-state index contributed by atoms with van der Waals surface area (Å²) in [6, 6.07) is 12.7. The molecule has 4 aromatic rings. The fourth-order valence-corrected chi connectivity index (χ4v) is 8.60. The number of likely N-dealkylation sites (N-methyl/N-ethyl adjacent to an activating group) is 1. The quantitative estimate of drug-likeness (QED) is 0.233. The molecule has 1 spiro atoms. The molecule has 12 nitrogen and oxygen atoms in total. The van der Waals surface area contributed by atoms with E-state index in [1.165, 1.54) is 16.7 Å². The van der Waals surface area contributed by atoms with Crippen molar-refractivity contribution in [1.29, 1.82) is 0 Å². The third kappa shape index (κ3) is 6.92. The molecular formula is C40H52N8O4. The van der Waals surface area contributed by atoms with Crippen LogP contribution in [0.2, 0.25) is 0 Å². The molecule has 4 heterocycles. The topological polar surface area (TPSA) is 109 Å². The molecule has 0 atom stereocenters. The predicted molar refractivity (Wildman–Crippen MR) is 201 cm³/mol. The molecule has 7 rings (SSSR count). The maximum Gasteiger partial charge on any atom is 0.237 e. The minimum absolute atomic E-state index is 0.0759. The van der Waals surface area contributed by atoms with Gasteiger partial charge in [-0.15, -0.1) is 0 Å². The summed E-state index contributed by atoms with van der Waals surface area (Å²) in [5.74, 6) is 2.62. The standard InChI is InChI=1S/C40H52N8O4/c1-6-51-34-22-31-13-16-47(36(49)26-44(4)5)40(33(31)23-35(34)52-7-2)14-11-30(12-15-40)39(50)46-19-17-45(18-20-46)37-32-24-43-48(38(32)42-27-41-37)25-29-10-8-9-28(3)21-29/h8-10,21-24,27,30H,6-7,11-20,25-26H2,1-5H3/t30-,40+. The summed E-state index contributed by atoms with van der Waals surface area (Å²) in [5, 5.41) is 5.60. The maximum atomic E-state index is 14.1. The zero-order valence-electron chi connectivity index (χ0n) is 31.3. The van der Waals surface area contributed by atoms with Gasteiger partial charge in [0.1, 0.15) is 12.1 Å². The van der Waals surface area contributed by atoms with Gasteiger partial charge >= 0.3 is 0 Å². The van der Waals surface area contributed by atoms with Crippen LogP contribution in [0.25, 0.3) is 11.0 Å². The Morgan fingerprint density at radius 2 is 1.67 bits per heavy atom. The van der Waals surface area contributed by atoms with E-state index in [9.17, 15) is 9.59 Å². The highest BCUT2D eigenvalue weighted by molar-refractivity contribution is 5.87. The fraction of sp³-hybridized carbons (Fsp3) is 0.525. The lowest BCUT2D eigenvalue weighted by Crippen LogP contribution is -2.57. The van der Waals surface area contributed by atoms with Crippen LogP contribution in [0.4, 0.5) is 5.82 Å². The molecule has 12 heteroatoms. The number of rotatable bonds is 10. The summed E-state index contributed by atoms with van der Waals surface area (Å²) in [7, 11) is 3.87. The highest BCUT2D eigenvalue weighted by Crippen LogP contribution is 2.50. The minimum Gasteiger partial charge on any atom is -0.490 e. The largest absolute Gasteiger partial charge is 0.490 e. The zero-order valence-corrected chi connectivity index (χ0v) is 31.3. The first-order valence-corrected chi connectivity index (χ1v) is 18.8. The Hall–Kier alpha value is -4.71. The van der Waals surface area contributed by atoms with Crippen molar-refractivity contribution in [3.63, 3.8) is 0 Å². The molecule has 0 unspecified atom stereocenters. The number of hydrogen-bond acceptors (Lipinski definition) is 9. The van der Waals surface area contributed by atoms with Gasteiger partial charge in [-0.2, -0.15) is 5.10 Å². The van der Waals surface area contributed by atoms with Crippen molar-refractivity contribution in [3.8, 4) is 11.5 Å². The first-order chi connectivity index (χ1) is 25.2. The number of amides is 2. The fourth-order valence-electron chi connectivity index (χ4n) is 8.60. The van der Waals surface area contributed by atoms with Gasteiger partial charge in [-0.05, 0) is 95.8 Å². The van der Waals surface area contributed by atoms with Gasteiger partial charge in [0, 0.05) is 38.6 Å². The smallest absolute Gasteiger partial charge is 0.237 e. The third-order valence-electron chi connectivity index (χ3n) is 11.0. The van der Waals surface area contributed by atoms with Crippen molar-refractivity contribution in [2.24, 2.45) is 5.92 Å². The average molecular weight is 709 g/mol. The molecule has 0 radical (unpaired) electrons. The van der Waals surface area contributed by atoms with Crippen molar-refractivity contribution in [2.75, 3.05) is 71.5 Å². The van der Waals surface area contributed by atoms with Crippen LogP contribution in [0.15, 0.2) is 48.9 Å². The Bertz CT molecular complexity index is 1910. The highest BCUT2D eigenvalue weighted by Gasteiger charge is 2.49. The summed E-state index contributed by atoms with van der Waals surface area (Å²) in [4.78, 5) is 45.5. The lowest BCUT2D eigenvalue weighted by Gasteiger charge is -2.52. The molecule has 2 amide bonds. The Morgan fingerprint density at radius 3 is 2.37 bits per heavy atom. The normalized spacial score (nSPS) is 20.4. The number of piperazine rings is 1. The van der Waals surface area contributed by atoms with Gasteiger partial charge in [0.25, 0.3) is 0 Å². The van der Waals surface area contributed by atoms with Gasteiger partial charge < -0.3 is 29.1 Å². The van der Waals surface area contributed by atoms with Crippen LogP contribution >= 0.6 is 0 Å². The number of carbonyl (C=O) groups excluding carboxylic acids is 2. The van der Waals surface area contributed by atoms with Crippen LogP contribution < -0.4 is 14.4 Å². The molecular weight excluding hydrogens is 656 g/mol. The number of aryl methyl sites for hydroxylation is 1. The van der Waals surface area contributed by atoms with Gasteiger partial charge in [-0.25, -0.2) is 14.6 Å². The van der Waals surface area contributed by atoms with Crippen LogP contribution in [-0.2, 0) is 28.1 Å². The first kappa shape index (κ1) is 35.7. The van der Waals surface area contributed by atoms with E-state index in [-0.39, 0.29) is 17.7 Å². The average Bonchev–Trinajstić information content (AvgIpc) is 3.55. The monoisotopic (exact) mass is 708 g/mol. The number of aromatic nitrogens is 4. The number of ether oxygens (including phenoxy) is 2. The van der Waals surface area contributed by atoms with E-state index in [2.05, 4.69) is 68.2 Å². The number of anilines is 1. The summed E-state index contributed by atoms with van der Waals surface area (Å²) in [6.45, 7) is 11.4. The summed E-state index contributed by atoms with van der Waals surface area (Å²) in [6.07, 6.45) is 7.18. The molecule has 1 saturated heterocycles. The van der Waals surface area contributed by atoms with Crippen molar-refractivity contribution in [2.45, 2.75) is 65.0 Å². The lowest BCUT2D eigenvalue weighted by atomic mass is 9.68. The highest BCUT2D eigenvalue weighted by atomic mass is 16.5. The van der Waals surface area contributed by atoms with Crippen LogP contribution in [0.5, 0.6) is 11.5 Å². The van der Waals surface area contributed by atoms with E-state index in [1.54, 1.807) is 6.33 Å². The molecule has 2 aromatic heterocycles. The van der Waals surface area contributed by atoms with E-state index < -0.39 is 5.54 Å². The van der Waals surface area contributed by atoms with Crippen molar-refractivity contribution >= 4 is 28.7 Å². The lowest BCUT2D eigenvalue weighted by molar-refractivity contribution is -0.144. The predicted octanol–water partition coefficient (Wildman–Crippen LogP) is 4.66. The molecule has 2 aromatic carbocycles. The minimum atomic E-state index is -0.477. The van der Waals surface area contributed by atoms with Gasteiger partial charge in [-0.3, -0.25) is 9.59 Å². The Balaban J connectivity index is 1.05. The molecule has 1 aliphatic carbocycles. The van der Waals surface area contributed by atoms with Crippen molar-refractivity contribution < 1.29 is 19.1 Å². The van der Waals surface area contributed by atoms with Gasteiger partial charge in [-0.1, -0.05) is 29.8 Å². The van der Waals surface area contributed by atoms with E-state index in [1.807, 2.05) is 48.6 Å². The number of fused-ring (bicyclic) bond motifs is 3. The Kier molecular flexibility index (Phi) is 10.4. The van der Waals surface area contributed by atoms with Gasteiger partial charge in [0.15, 0.2) is 17.1 Å². The van der Waals surface area contributed by atoms with Crippen molar-refractivity contribution in [1.82, 2.24) is 34.4 Å². The first-order valence-electron chi connectivity index (χ1n) is 18.8. The Labute approximate surface area is 306 Å². The summed E-state index contributed by atoms with van der Waals surface area (Å²) < 4.78 is 14.0. The molecule has 3 aliphatic rings. The number of carbonyl (C=O) groups is 2. The second-order valence-corrected chi connectivity index (χ2v) is 14.7. The molecule has 2 aliphatic heterocycles. The van der Waals surface area contributed by atoms with Crippen LogP contribution in [0.1, 0.15) is 61.8 Å². The number of nitrogens with zero attached hydrogens (tertiary/aromatic N) is 8. The van der Waals surface area contributed by atoms with Gasteiger partial charge in [0.2, 0.25) is 11.8 Å². The molecule has 1 saturated carbocycles. The second-order valence-electron chi connectivity index (χ2n) is 14.7. The van der Waals surface area contributed by atoms with E-state index in [0.29, 0.717) is 59.0 Å². The second kappa shape index (κ2) is 15.1. The van der Waals surface area contributed by atoms with Crippen molar-refractivity contribution in [3.05, 3.63) is 71.2 Å². The van der Waals surface area contributed by atoms with E-state index >= 15 is 0 Å². The Morgan fingerprint density at radius 1 is 0.942 bits per heavy atom. The van der Waals surface area contributed by atoms with E-state index in [0.717, 1.165) is 66.0 Å². The molecule has 0 bridgehead atoms. The van der Waals surface area contributed by atoms with Crippen LogP contribution in [0, 0.1) is 12.8 Å². The SMILES string of the molecule is CCOc1cc2c(cc1OCC)[C@]1(CC[C@H](C(=O)N3CCN(c4ncnc5c4cnn5Cc4cccc(C)c4)CC3)CC1)N(C(=O)CN(C)C)CC2. The summed E-state index contributed by atoms with van der Waals surface area (Å²) in [5.41, 5.74) is 5.09. The van der Waals surface area contributed by atoms with Gasteiger partial charge in [0.05, 0.1) is 43.4 Å². The molecule has 2 fully saturated rings. The number of benzene rings is 2. The molecule has 0 N–H and O–H groups in total. The zero-order chi connectivity index (χ0) is 36.4. The number of hydrogen-bond donors (Lipinski definition) is 0. The molecule has 52 heavy (non-hydrogen) atoms. The third-order valence-corrected chi connectivity index (χ3v) is 11.0.